The molecule has 0 spiro atoms. The number of aliphatic hydroxyl groups is 1. The Bertz CT molecular complexity index is 1530. The number of anilines is 1. The van der Waals surface area contributed by atoms with Crippen LogP contribution >= 0.6 is 0 Å². The summed E-state index contributed by atoms with van der Waals surface area (Å²) in [4.78, 5) is 28.8. The molecule has 0 bridgehead atoms. The number of hydrogen-bond acceptors (Lipinski definition) is 8. The summed E-state index contributed by atoms with van der Waals surface area (Å²) in [6.07, 6.45) is -0.447. The Morgan fingerprint density at radius 3 is 2.67 bits per heavy atom. The quantitative estimate of drug-likeness (QED) is 0.410. The van der Waals surface area contributed by atoms with Gasteiger partial charge >= 0.3 is 6.01 Å². The normalized spacial score (nSPS) is 21.3. The molecule has 3 aromatic rings. The van der Waals surface area contributed by atoms with E-state index in [-0.39, 0.29) is 49.1 Å². The van der Waals surface area contributed by atoms with E-state index in [0.29, 0.717) is 42.2 Å². The number of fused-ring (bicyclic) bond motifs is 2. The molecule has 3 heterocycles. The van der Waals surface area contributed by atoms with Gasteiger partial charge in [-0.1, -0.05) is 18.2 Å². The van der Waals surface area contributed by atoms with Gasteiger partial charge in [0.05, 0.1) is 37.5 Å². The molecule has 2 aliphatic heterocycles. The van der Waals surface area contributed by atoms with Crippen LogP contribution in [0.3, 0.4) is 0 Å². The number of carbonyl (C=O) groups excluding carboxylic acids is 1. The molecule has 2 N–H and O–H groups in total. The summed E-state index contributed by atoms with van der Waals surface area (Å²) >= 11 is 0. The third-order valence-corrected chi connectivity index (χ3v) is 8.75. The number of piperidine rings is 1. The number of β-amino-alcohol motifs (C(OH)–C–C–N with tert-alkyl or cyclic N) is 1. The predicted molar refractivity (Wildman–Crippen MR) is 154 cm³/mol. The Morgan fingerprint density at radius 2 is 1.95 bits per heavy atom. The van der Waals surface area contributed by atoms with Crippen molar-refractivity contribution in [3.05, 3.63) is 52.7 Å². The Hall–Kier alpha value is -3.57. The first kappa shape index (κ1) is 28.5. The van der Waals surface area contributed by atoms with Crippen molar-refractivity contribution >= 4 is 22.5 Å². The summed E-state index contributed by atoms with van der Waals surface area (Å²) in [5.74, 6) is 0.136. The summed E-state index contributed by atoms with van der Waals surface area (Å²) in [6, 6.07) is 8.92. The van der Waals surface area contributed by atoms with Crippen LogP contribution in [-0.2, 0) is 13.1 Å². The van der Waals surface area contributed by atoms with Crippen molar-refractivity contribution in [1.29, 1.82) is 0 Å². The van der Waals surface area contributed by atoms with Crippen LogP contribution in [0, 0.1) is 12.3 Å². The molecular weight excluding hydrogens is 544 g/mol. The Balaban J connectivity index is 1.34. The smallest absolute Gasteiger partial charge is 0.318 e. The predicted octanol–water partition coefficient (Wildman–Crippen LogP) is 4.12. The number of ether oxygens (including phenoxy) is 1. The summed E-state index contributed by atoms with van der Waals surface area (Å²) < 4.78 is 33.8. The molecule has 2 fully saturated rings. The minimum atomic E-state index is -2.90. The number of alkyl halides is 2. The molecule has 1 atom stereocenters. The molecule has 3 aliphatic rings. The van der Waals surface area contributed by atoms with E-state index >= 15 is 0 Å². The van der Waals surface area contributed by atoms with Gasteiger partial charge in [-0.15, -0.1) is 0 Å². The zero-order valence-corrected chi connectivity index (χ0v) is 24.2. The molecule has 1 aliphatic carbocycles. The fourth-order valence-corrected chi connectivity index (χ4v) is 6.46. The SMILES string of the molecule is Cc1cccc2cc(O)cc(C(=O)N3Cc4nc(OCC5(CN(C)C)CC5)nc(N5CCCC(O)(C(F)F)C5)c4C3)c12. The lowest BCUT2D eigenvalue weighted by molar-refractivity contribution is -0.102. The number of amides is 1. The Kier molecular flexibility index (Phi) is 7.21. The lowest BCUT2D eigenvalue weighted by Gasteiger charge is -2.39. The minimum absolute atomic E-state index is 0.000605. The van der Waals surface area contributed by atoms with E-state index in [1.54, 1.807) is 15.9 Å². The molecule has 1 saturated heterocycles. The van der Waals surface area contributed by atoms with Gasteiger partial charge in [0.15, 0.2) is 0 Å². The van der Waals surface area contributed by atoms with Gasteiger partial charge in [-0.25, -0.2) is 8.78 Å². The standard InChI is InChI=1S/C31H37F2N5O4/c1-19-6-4-7-20-12-21(39)13-22(25(19)20)27(40)38-14-23-24(15-38)34-29(42-18-30(9-10-30)16-36(2)3)35-26(23)37-11-5-8-31(41,17-37)28(32)33/h4,6-7,12-13,28,39,41H,5,8-11,14-18H2,1-3H3. The first-order valence-corrected chi connectivity index (χ1v) is 14.4. The fourth-order valence-electron chi connectivity index (χ4n) is 6.46. The first-order valence-electron chi connectivity index (χ1n) is 14.4. The van der Waals surface area contributed by atoms with Crippen LogP contribution < -0.4 is 9.64 Å². The molecule has 1 saturated carbocycles. The largest absolute Gasteiger partial charge is 0.508 e. The van der Waals surface area contributed by atoms with Crippen molar-refractivity contribution in [2.45, 2.75) is 57.7 Å². The van der Waals surface area contributed by atoms with Crippen molar-refractivity contribution in [3.63, 3.8) is 0 Å². The summed E-state index contributed by atoms with van der Waals surface area (Å²) in [6.45, 7) is 3.74. The summed E-state index contributed by atoms with van der Waals surface area (Å²) in [5, 5.41) is 22.6. The van der Waals surface area contributed by atoms with Crippen LogP contribution in [0.4, 0.5) is 14.6 Å². The maximum Gasteiger partial charge on any atom is 0.318 e. The van der Waals surface area contributed by atoms with Gasteiger partial charge in [0.25, 0.3) is 12.3 Å². The third kappa shape index (κ3) is 5.35. The van der Waals surface area contributed by atoms with Gasteiger partial charge in [-0.2, -0.15) is 9.97 Å². The van der Waals surface area contributed by atoms with Gasteiger partial charge in [0.2, 0.25) is 0 Å². The van der Waals surface area contributed by atoms with E-state index in [0.717, 1.165) is 35.7 Å². The molecule has 1 amide bonds. The maximum absolute atomic E-state index is 13.9. The van der Waals surface area contributed by atoms with Gasteiger partial charge < -0.3 is 29.6 Å². The number of halogens is 2. The van der Waals surface area contributed by atoms with E-state index in [2.05, 4.69) is 9.88 Å². The average Bonchev–Trinajstić information content (AvgIpc) is 3.55. The second kappa shape index (κ2) is 10.6. The van der Waals surface area contributed by atoms with E-state index < -0.39 is 12.0 Å². The number of aromatic nitrogens is 2. The van der Waals surface area contributed by atoms with E-state index in [4.69, 9.17) is 9.72 Å². The number of hydrogen-bond donors (Lipinski definition) is 2. The van der Waals surface area contributed by atoms with Crippen LogP contribution in [0.5, 0.6) is 11.8 Å². The van der Waals surface area contributed by atoms with E-state index in [1.807, 2.05) is 39.2 Å². The minimum Gasteiger partial charge on any atom is -0.508 e. The highest BCUT2D eigenvalue weighted by molar-refractivity contribution is 6.09. The molecule has 1 unspecified atom stereocenters. The van der Waals surface area contributed by atoms with Gasteiger partial charge in [-0.3, -0.25) is 4.79 Å². The molecular formula is C31H37F2N5O4. The van der Waals surface area contributed by atoms with Crippen molar-refractivity contribution in [1.82, 2.24) is 19.8 Å². The monoisotopic (exact) mass is 581 g/mol. The van der Waals surface area contributed by atoms with Crippen molar-refractivity contribution in [3.8, 4) is 11.8 Å². The number of carbonyl (C=O) groups is 1. The molecule has 224 valence electrons. The second-order valence-corrected chi connectivity index (χ2v) is 12.5. The van der Waals surface area contributed by atoms with Gasteiger partial charge in [-0.05, 0) is 75.2 Å². The number of aryl methyl sites for hydroxylation is 1. The maximum atomic E-state index is 13.9. The van der Waals surface area contributed by atoms with Crippen molar-refractivity contribution in [2.75, 3.05) is 45.2 Å². The second-order valence-electron chi connectivity index (χ2n) is 12.5. The molecule has 42 heavy (non-hydrogen) atoms. The van der Waals surface area contributed by atoms with Gasteiger partial charge in [0.1, 0.15) is 17.2 Å². The number of rotatable bonds is 8. The van der Waals surface area contributed by atoms with Crippen LogP contribution in [0.1, 0.15) is 52.9 Å². The number of benzene rings is 2. The Morgan fingerprint density at radius 1 is 1.17 bits per heavy atom. The van der Waals surface area contributed by atoms with E-state index in [9.17, 15) is 23.8 Å². The molecule has 2 aromatic carbocycles. The molecule has 0 radical (unpaired) electrons. The van der Waals surface area contributed by atoms with Crippen molar-refractivity contribution in [2.24, 2.45) is 5.41 Å². The topological polar surface area (TPSA) is 102 Å². The van der Waals surface area contributed by atoms with Crippen LogP contribution in [0.15, 0.2) is 30.3 Å². The van der Waals surface area contributed by atoms with Crippen LogP contribution in [-0.4, -0.2) is 88.3 Å². The lowest BCUT2D eigenvalue weighted by Crippen LogP contribution is -2.53. The average molecular weight is 582 g/mol. The highest BCUT2D eigenvalue weighted by Gasteiger charge is 2.45. The molecule has 9 nitrogen and oxygen atoms in total. The number of nitrogens with zero attached hydrogens (tertiary/aromatic N) is 5. The van der Waals surface area contributed by atoms with Crippen molar-refractivity contribution < 1.29 is 28.5 Å². The molecule has 6 rings (SSSR count). The number of phenols is 1. The molecule has 1 aromatic heterocycles. The third-order valence-electron chi connectivity index (χ3n) is 8.75. The number of aromatic hydroxyl groups is 1. The molecule has 11 heteroatoms. The Labute approximate surface area is 243 Å². The highest BCUT2D eigenvalue weighted by atomic mass is 19.3. The summed E-state index contributed by atoms with van der Waals surface area (Å²) in [7, 11) is 4.04. The number of phenolic OH excluding ortho intramolecular Hbond substituents is 1. The van der Waals surface area contributed by atoms with Gasteiger partial charge in [0, 0.05) is 24.1 Å². The zero-order chi connectivity index (χ0) is 29.8. The first-order chi connectivity index (χ1) is 20.0. The van der Waals surface area contributed by atoms with Crippen LogP contribution in [0.25, 0.3) is 10.8 Å². The zero-order valence-electron chi connectivity index (χ0n) is 24.2. The van der Waals surface area contributed by atoms with Crippen LogP contribution in [0.2, 0.25) is 0 Å². The summed E-state index contributed by atoms with van der Waals surface area (Å²) in [5.41, 5.74) is 0.426. The fraction of sp³-hybridized carbons (Fsp3) is 0.516. The highest BCUT2D eigenvalue weighted by Crippen LogP contribution is 2.46. The van der Waals surface area contributed by atoms with E-state index in [1.165, 1.54) is 6.07 Å². The lowest BCUT2D eigenvalue weighted by atomic mass is 9.93.